The number of carbonyl (C=O) groups excluding carboxylic acids is 1. The Bertz CT molecular complexity index is 1020. The molecule has 7 nitrogen and oxygen atoms in total. The predicted octanol–water partition coefficient (Wildman–Crippen LogP) is 3.29. The zero-order valence-corrected chi connectivity index (χ0v) is 17.8. The van der Waals surface area contributed by atoms with Crippen molar-refractivity contribution in [3.8, 4) is 0 Å². The van der Waals surface area contributed by atoms with Crippen molar-refractivity contribution >= 4 is 21.6 Å². The number of likely N-dealkylation sites (tertiary alicyclic amines) is 1. The fourth-order valence-corrected chi connectivity index (χ4v) is 5.41. The van der Waals surface area contributed by atoms with Gasteiger partial charge in [-0.3, -0.25) is 4.98 Å². The molecule has 3 rings (SSSR count). The summed E-state index contributed by atoms with van der Waals surface area (Å²) < 4.78 is 41.4. The van der Waals surface area contributed by atoms with Crippen molar-refractivity contribution in [2.24, 2.45) is 5.92 Å². The van der Waals surface area contributed by atoms with Gasteiger partial charge in [-0.1, -0.05) is 12.1 Å². The van der Waals surface area contributed by atoms with E-state index >= 15 is 4.39 Å². The smallest absolute Gasteiger partial charge is 0.321 e. The molecular formula is C21H26FN3O4S. The molecule has 1 aromatic carbocycles. The Morgan fingerprint density at radius 1 is 1.30 bits per heavy atom. The van der Waals surface area contributed by atoms with Gasteiger partial charge in [0.1, 0.15) is 0 Å². The summed E-state index contributed by atoms with van der Waals surface area (Å²) in [6, 6.07) is 9.08. The van der Waals surface area contributed by atoms with Gasteiger partial charge in [0.2, 0.25) is 14.8 Å². The number of hydrogen-bond donors (Lipinski definition) is 2. The minimum absolute atomic E-state index is 0.0231. The zero-order chi connectivity index (χ0) is 21.9. The van der Waals surface area contributed by atoms with E-state index in [4.69, 9.17) is 5.11 Å². The van der Waals surface area contributed by atoms with Gasteiger partial charge in [-0.2, -0.15) is 0 Å². The van der Waals surface area contributed by atoms with Gasteiger partial charge in [-0.15, -0.1) is 0 Å². The number of sulfone groups is 1. The van der Waals surface area contributed by atoms with Gasteiger partial charge in [0, 0.05) is 30.9 Å². The number of benzene rings is 1. The maximum atomic E-state index is 15.6. The molecule has 1 aliphatic rings. The Balaban J connectivity index is 1.66. The molecule has 1 aromatic heterocycles. The zero-order valence-electron chi connectivity index (χ0n) is 17.0. The summed E-state index contributed by atoms with van der Waals surface area (Å²) in [7, 11) is -4.17. The number of hydrogen-bond acceptors (Lipinski definition) is 5. The van der Waals surface area contributed by atoms with Crippen molar-refractivity contribution < 1.29 is 22.7 Å². The third-order valence-electron chi connectivity index (χ3n) is 5.57. The monoisotopic (exact) mass is 435 g/mol. The predicted molar refractivity (Wildman–Crippen MR) is 111 cm³/mol. The summed E-state index contributed by atoms with van der Waals surface area (Å²) in [6.45, 7) is 3.14. The number of aliphatic hydroxyl groups excluding tert-OH is 1. The summed E-state index contributed by atoms with van der Waals surface area (Å²) in [6.07, 6.45) is 1.96. The van der Waals surface area contributed by atoms with E-state index in [1.54, 1.807) is 31.2 Å². The van der Waals surface area contributed by atoms with Crippen LogP contribution in [0.15, 0.2) is 47.5 Å². The van der Waals surface area contributed by atoms with Gasteiger partial charge in [-0.05, 0) is 56.5 Å². The number of pyridine rings is 1. The van der Waals surface area contributed by atoms with Crippen LogP contribution >= 0.6 is 0 Å². The van der Waals surface area contributed by atoms with Crippen LogP contribution in [0.4, 0.5) is 14.9 Å². The SMILES string of the molecule is Cc1cccc(S(=O)(=O)[C@@](C)(F)C2CCN(C(=O)Nc3ccnc(CO)c3)CC2)c1. The number of anilines is 1. The fraction of sp³-hybridized carbons (Fsp3) is 0.429. The second kappa shape index (κ2) is 8.69. The third-order valence-corrected chi connectivity index (χ3v) is 7.83. The third kappa shape index (κ3) is 4.46. The summed E-state index contributed by atoms with van der Waals surface area (Å²) in [5, 5.41) is 9.44. The average molecular weight is 436 g/mol. The number of nitrogens with zero attached hydrogens (tertiary/aromatic N) is 2. The Hall–Kier alpha value is -2.52. The Kier molecular flexibility index (Phi) is 6.42. The molecule has 0 saturated carbocycles. The van der Waals surface area contributed by atoms with Crippen LogP contribution in [-0.2, 0) is 16.4 Å². The van der Waals surface area contributed by atoms with Gasteiger partial charge in [0.25, 0.3) is 0 Å². The lowest BCUT2D eigenvalue weighted by atomic mass is 9.92. The van der Waals surface area contributed by atoms with E-state index in [9.17, 15) is 13.2 Å². The Labute approximate surface area is 175 Å². The van der Waals surface area contributed by atoms with Crippen LogP contribution in [-0.4, -0.2) is 47.5 Å². The van der Waals surface area contributed by atoms with E-state index in [2.05, 4.69) is 10.3 Å². The first-order valence-electron chi connectivity index (χ1n) is 9.77. The van der Waals surface area contributed by atoms with Crippen LogP contribution in [0.25, 0.3) is 0 Å². The molecule has 30 heavy (non-hydrogen) atoms. The highest BCUT2D eigenvalue weighted by Gasteiger charge is 2.48. The van der Waals surface area contributed by atoms with Crippen molar-refractivity contribution in [3.63, 3.8) is 0 Å². The first-order chi connectivity index (χ1) is 14.1. The minimum Gasteiger partial charge on any atom is -0.390 e. The quantitative estimate of drug-likeness (QED) is 0.751. The van der Waals surface area contributed by atoms with E-state index < -0.39 is 20.8 Å². The van der Waals surface area contributed by atoms with Gasteiger partial charge in [0.15, 0.2) is 0 Å². The standard InChI is InChI=1S/C21H26FN3O4S/c1-15-4-3-5-19(12-15)30(28,29)21(2,22)16-7-10-25(11-8-16)20(27)24-17-6-9-23-18(13-17)14-26/h3-6,9,12-13,16,26H,7-8,10-11,14H2,1-2H3,(H,23,24,27)/t21-/m1/s1. The second-order valence-electron chi connectivity index (χ2n) is 7.69. The summed E-state index contributed by atoms with van der Waals surface area (Å²) in [4.78, 5) is 18.0. The largest absolute Gasteiger partial charge is 0.390 e. The molecule has 2 amide bonds. The minimum atomic E-state index is -4.17. The van der Waals surface area contributed by atoms with E-state index in [1.807, 2.05) is 0 Å². The summed E-state index contributed by atoms with van der Waals surface area (Å²) in [5.41, 5.74) is 1.68. The van der Waals surface area contributed by atoms with E-state index in [1.165, 1.54) is 23.2 Å². The number of piperidine rings is 1. The van der Waals surface area contributed by atoms with Crippen LogP contribution in [0.3, 0.4) is 0 Å². The van der Waals surface area contributed by atoms with Crippen LogP contribution < -0.4 is 5.32 Å². The maximum Gasteiger partial charge on any atom is 0.321 e. The van der Waals surface area contributed by atoms with Crippen molar-refractivity contribution in [2.45, 2.75) is 43.2 Å². The first kappa shape index (κ1) is 22.2. The van der Waals surface area contributed by atoms with E-state index in [0.717, 1.165) is 12.5 Å². The van der Waals surface area contributed by atoms with Crippen molar-refractivity contribution in [1.29, 1.82) is 0 Å². The average Bonchev–Trinajstić information content (AvgIpc) is 2.73. The van der Waals surface area contributed by atoms with Crippen LogP contribution in [0.1, 0.15) is 31.0 Å². The highest BCUT2D eigenvalue weighted by molar-refractivity contribution is 7.92. The molecule has 9 heteroatoms. The Morgan fingerprint density at radius 3 is 2.63 bits per heavy atom. The maximum absolute atomic E-state index is 15.6. The number of nitrogens with one attached hydrogen (secondary N) is 1. The van der Waals surface area contributed by atoms with Crippen molar-refractivity contribution in [3.05, 3.63) is 53.9 Å². The molecule has 1 saturated heterocycles. The van der Waals surface area contributed by atoms with Gasteiger partial charge in [-0.25, -0.2) is 17.6 Å². The molecule has 0 radical (unpaired) electrons. The summed E-state index contributed by atoms with van der Waals surface area (Å²) >= 11 is 0. The molecule has 2 heterocycles. The van der Waals surface area contributed by atoms with Crippen LogP contribution in [0.5, 0.6) is 0 Å². The first-order valence-corrected chi connectivity index (χ1v) is 11.3. The molecule has 0 aliphatic carbocycles. The number of carbonyl (C=O) groups is 1. The lowest BCUT2D eigenvalue weighted by molar-refractivity contribution is 0.117. The molecule has 1 aliphatic heterocycles. The Morgan fingerprint density at radius 2 is 2.00 bits per heavy atom. The normalized spacial score (nSPS) is 17.4. The van der Waals surface area contributed by atoms with Crippen molar-refractivity contribution in [2.75, 3.05) is 18.4 Å². The van der Waals surface area contributed by atoms with Crippen molar-refractivity contribution in [1.82, 2.24) is 9.88 Å². The number of aryl methyl sites for hydroxylation is 1. The molecule has 0 bridgehead atoms. The molecule has 0 spiro atoms. The molecular weight excluding hydrogens is 409 g/mol. The number of alkyl halides is 1. The lowest BCUT2D eigenvalue weighted by Gasteiger charge is -2.37. The van der Waals surface area contributed by atoms with E-state index in [-0.39, 0.29) is 43.5 Å². The summed E-state index contributed by atoms with van der Waals surface area (Å²) in [5.74, 6) is -0.714. The number of aromatic nitrogens is 1. The van der Waals surface area contributed by atoms with Gasteiger partial charge in [0.05, 0.1) is 17.2 Å². The topological polar surface area (TPSA) is 99.6 Å². The fourth-order valence-electron chi connectivity index (χ4n) is 3.68. The lowest BCUT2D eigenvalue weighted by Crippen LogP contribution is -2.48. The molecule has 2 aromatic rings. The van der Waals surface area contributed by atoms with Crippen LogP contribution in [0, 0.1) is 12.8 Å². The molecule has 2 N–H and O–H groups in total. The van der Waals surface area contributed by atoms with Gasteiger partial charge < -0.3 is 15.3 Å². The van der Waals surface area contributed by atoms with Gasteiger partial charge >= 0.3 is 6.03 Å². The highest BCUT2D eigenvalue weighted by atomic mass is 32.2. The number of aliphatic hydroxyl groups is 1. The highest BCUT2D eigenvalue weighted by Crippen LogP contribution is 2.39. The molecule has 1 fully saturated rings. The molecule has 0 unspecified atom stereocenters. The number of urea groups is 1. The number of halogens is 1. The number of amides is 2. The molecule has 162 valence electrons. The van der Waals surface area contributed by atoms with E-state index in [0.29, 0.717) is 11.4 Å². The second-order valence-corrected chi connectivity index (χ2v) is 9.97. The number of rotatable bonds is 5. The molecule has 1 atom stereocenters. The van der Waals surface area contributed by atoms with Crippen LogP contribution in [0.2, 0.25) is 0 Å².